The summed E-state index contributed by atoms with van der Waals surface area (Å²) in [4.78, 5) is 4.36. The van der Waals surface area contributed by atoms with Crippen LogP contribution >= 0.6 is 0 Å². The molecular weight excluding hydrogens is 262 g/mol. The van der Waals surface area contributed by atoms with Gasteiger partial charge in [-0.3, -0.25) is 4.48 Å². The van der Waals surface area contributed by atoms with Crippen LogP contribution in [0.2, 0.25) is 0 Å². The monoisotopic (exact) mass is 292 g/mol. The van der Waals surface area contributed by atoms with Gasteiger partial charge in [-0.25, -0.2) is 0 Å². The van der Waals surface area contributed by atoms with E-state index in [4.69, 9.17) is 0 Å². The van der Waals surface area contributed by atoms with Gasteiger partial charge in [-0.2, -0.15) is 0 Å². The summed E-state index contributed by atoms with van der Waals surface area (Å²) in [6.07, 6.45) is 11.8. The third kappa shape index (κ3) is 5.40. The summed E-state index contributed by atoms with van der Waals surface area (Å²) in [5.74, 6) is 0. The zero-order chi connectivity index (χ0) is 15.9. The fourth-order valence-electron chi connectivity index (χ4n) is 2.30. The molecule has 2 atom stereocenters. The third-order valence-electron chi connectivity index (χ3n) is 3.88. The summed E-state index contributed by atoms with van der Waals surface area (Å²) in [7, 11) is 2.07. The minimum Gasteiger partial charge on any atom is -0.385 e. The van der Waals surface area contributed by atoms with E-state index < -0.39 is 6.10 Å². The van der Waals surface area contributed by atoms with Crippen LogP contribution < -0.4 is 0 Å². The predicted octanol–water partition coefficient (Wildman–Crippen LogP) is 2.48. The fourth-order valence-corrected chi connectivity index (χ4v) is 2.30. The average molecular weight is 292 g/mol. The maximum absolute atomic E-state index is 10.4. The van der Waals surface area contributed by atoms with Gasteiger partial charge in [-0.05, 0) is 26.5 Å². The zero-order valence-corrected chi connectivity index (χ0v) is 13.9. The molecule has 1 N–H and O–H groups in total. The van der Waals surface area contributed by atoms with Crippen LogP contribution in [0.15, 0.2) is 49.1 Å². The first-order valence-corrected chi connectivity index (χ1v) is 7.57. The SMILES string of the molecule is C=C(C)[N+](C)(C=CC=CC)CC(O)CN1C=CN(CC)C1. The summed E-state index contributed by atoms with van der Waals surface area (Å²) in [6, 6.07) is 0. The highest BCUT2D eigenvalue weighted by molar-refractivity contribution is 5.00. The van der Waals surface area contributed by atoms with Crippen molar-refractivity contribution in [1.29, 1.82) is 0 Å². The van der Waals surface area contributed by atoms with Crippen molar-refractivity contribution in [3.8, 4) is 0 Å². The molecule has 0 saturated carbocycles. The molecule has 0 fully saturated rings. The van der Waals surface area contributed by atoms with Gasteiger partial charge in [0.15, 0.2) is 0 Å². The van der Waals surface area contributed by atoms with Crippen molar-refractivity contribution in [1.82, 2.24) is 9.80 Å². The summed E-state index contributed by atoms with van der Waals surface area (Å²) in [6.45, 7) is 13.3. The van der Waals surface area contributed by atoms with Crippen molar-refractivity contribution in [2.75, 3.05) is 33.4 Å². The number of allylic oxidation sites excluding steroid dienone is 4. The molecule has 0 spiro atoms. The molecule has 1 aliphatic rings. The number of rotatable bonds is 8. The Balaban J connectivity index is 2.59. The fraction of sp³-hybridized carbons (Fsp3) is 0.529. The van der Waals surface area contributed by atoms with E-state index in [2.05, 4.69) is 42.8 Å². The smallest absolute Gasteiger partial charge is 0.121 e. The number of nitrogens with zero attached hydrogens (tertiary/aromatic N) is 3. The molecule has 0 aromatic rings. The summed E-state index contributed by atoms with van der Waals surface area (Å²) in [5.41, 5.74) is 1.02. The molecule has 0 aromatic carbocycles. The molecule has 0 saturated heterocycles. The van der Waals surface area contributed by atoms with Gasteiger partial charge < -0.3 is 14.9 Å². The summed E-state index contributed by atoms with van der Waals surface area (Å²) in [5, 5.41) is 10.4. The minimum absolute atomic E-state index is 0.400. The number of hydrogen-bond donors (Lipinski definition) is 1. The van der Waals surface area contributed by atoms with Crippen LogP contribution in [0.1, 0.15) is 20.8 Å². The lowest BCUT2D eigenvalue weighted by molar-refractivity contribution is -0.823. The molecule has 21 heavy (non-hydrogen) atoms. The molecule has 4 heteroatoms. The van der Waals surface area contributed by atoms with Gasteiger partial charge >= 0.3 is 0 Å². The molecule has 4 nitrogen and oxygen atoms in total. The molecule has 0 bridgehead atoms. The van der Waals surface area contributed by atoms with Gasteiger partial charge in [0.2, 0.25) is 0 Å². The van der Waals surface area contributed by atoms with Gasteiger partial charge in [0.25, 0.3) is 0 Å². The Hall–Kier alpha value is -1.52. The second-order valence-corrected chi connectivity index (χ2v) is 5.82. The van der Waals surface area contributed by atoms with E-state index in [-0.39, 0.29) is 0 Å². The number of aliphatic hydroxyl groups is 1. The van der Waals surface area contributed by atoms with Crippen LogP contribution in [-0.4, -0.2) is 58.8 Å². The normalized spacial score (nSPS) is 19.7. The summed E-state index contributed by atoms with van der Waals surface area (Å²) >= 11 is 0. The van der Waals surface area contributed by atoms with Crippen LogP contribution in [0.4, 0.5) is 0 Å². The maximum atomic E-state index is 10.4. The number of quaternary nitrogens is 1. The van der Waals surface area contributed by atoms with E-state index >= 15 is 0 Å². The standard InChI is InChI=1S/C17H30N3O/c1-6-8-9-12-20(5,16(3)4)14-17(21)13-19-11-10-18(7-2)15-19/h6,8-12,17,21H,3,7,13-15H2,1-2,4-5H3/q+1. The van der Waals surface area contributed by atoms with Crippen molar-refractivity contribution in [2.24, 2.45) is 0 Å². The molecule has 1 rings (SSSR count). The van der Waals surface area contributed by atoms with Crippen molar-refractivity contribution in [2.45, 2.75) is 26.9 Å². The average Bonchev–Trinajstić information content (AvgIpc) is 2.86. The largest absolute Gasteiger partial charge is 0.385 e. The number of hydrogen-bond acceptors (Lipinski definition) is 3. The minimum atomic E-state index is -0.400. The van der Waals surface area contributed by atoms with E-state index in [0.717, 1.165) is 18.9 Å². The molecule has 118 valence electrons. The molecule has 1 aliphatic heterocycles. The van der Waals surface area contributed by atoms with Crippen molar-refractivity contribution >= 4 is 0 Å². The highest BCUT2D eigenvalue weighted by atomic mass is 16.3. The highest BCUT2D eigenvalue weighted by Crippen LogP contribution is 2.16. The first-order chi connectivity index (χ1) is 9.91. The molecular formula is C17H30N3O+. The zero-order valence-electron chi connectivity index (χ0n) is 13.9. The highest BCUT2D eigenvalue weighted by Gasteiger charge is 2.26. The lowest BCUT2D eigenvalue weighted by Gasteiger charge is -2.33. The van der Waals surface area contributed by atoms with Gasteiger partial charge in [0.1, 0.15) is 24.5 Å². The van der Waals surface area contributed by atoms with Crippen LogP contribution in [0.5, 0.6) is 0 Å². The number of likely N-dealkylation sites (N-methyl/N-ethyl adjacent to an activating group) is 1. The first kappa shape index (κ1) is 17.5. The van der Waals surface area contributed by atoms with Gasteiger partial charge in [0.05, 0.1) is 20.3 Å². The predicted molar refractivity (Wildman–Crippen MR) is 88.9 cm³/mol. The van der Waals surface area contributed by atoms with Gasteiger partial charge in [-0.15, -0.1) is 0 Å². The number of β-amino-alcohol motifs (C(OH)–C–C–N with tert-alkyl or cyclic N) is 1. The van der Waals surface area contributed by atoms with Crippen molar-refractivity contribution in [3.63, 3.8) is 0 Å². The van der Waals surface area contributed by atoms with Crippen molar-refractivity contribution in [3.05, 3.63) is 49.1 Å². The van der Waals surface area contributed by atoms with Crippen LogP contribution in [0.3, 0.4) is 0 Å². The van der Waals surface area contributed by atoms with E-state index in [0.29, 0.717) is 17.6 Å². The van der Waals surface area contributed by atoms with E-state index in [9.17, 15) is 5.11 Å². The summed E-state index contributed by atoms with van der Waals surface area (Å²) < 4.78 is 0.542. The molecule has 0 aliphatic carbocycles. The third-order valence-corrected chi connectivity index (χ3v) is 3.88. The second kappa shape index (κ2) is 8.05. The van der Waals surface area contributed by atoms with Crippen LogP contribution in [-0.2, 0) is 0 Å². The lowest BCUT2D eigenvalue weighted by atomic mass is 10.2. The van der Waals surface area contributed by atoms with Crippen molar-refractivity contribution < 1.29 is 9.59 Å². The Bertz CT molecular complexity index is 428. The lowest BCUT2D eigenvalue weighted by Crippen LogP contribution is -2.46. The van der Waals surface area contributed by atoms with Crippen LogP contribution in [0.25, 0.3) is 0 Å². The van der Waals surface area contributed by atoms with Crippen LogP contribution in [0, 0.1) is 0 Å². The van der Waals surface area contributed by atoms with Gasteiger partial charge in [0, 0.05) is 25.9 Å². The quantitative estimate of drug-likeness (QED) is 0.550. The molecule has 1 heterocycles. The van der Waals surface area contributed by atoms with E-state index in [1.807, 2.05) is 38.3 Å². The first-order valence-electron chi connectivity index (χ1n) is 7.57. The Morgan fingerprint density at radius 2 is 2.05 bits per heavy atom. The molecule has 0 aromatic heterocycles. The Kier molecular flexibility index (Phi) is 6.72. The number of aliphatic hydroxyl groups excluding tert-OH is 1. The second-order valence-electron chi connectivity index (χ2n) is 5.82. The maximum Gasteiger partial charge on any atom is 0.121 e. The molecule has 2 unspecified atom stereocenters. The van der Waals surface area contributed by atoms with E-state index in [1.54, 1.807) is 0 Å². The molecule has 0 amide bonds. The Morgan fingerprint density at radius 3 is 2.57 bits per heavy atom. The van der Waals surface area contributed by atoms with E-state index in [1.165, 1.54) is 0 Å². The molecule has 0 radical (unpaired) electrons. The topological polar surface area (TPSA) is 26.7 Å². The van der Waals surface area contributed by atoms with Gasteiger partial charge in [-0.1, -0.05) is 12.2 Å². The Morgan fingerprint density at radius 1 is 1.38 bits per heavy atom. The Labute approximate surface area is 129 Å².